The van der Waals surface area contributed by atoms with Gasteiger partial charge in [-0.25, -0.2) is 0 Å². The van der Waals surface area contributed by atoms with Crippen LogP contribution in [0.5, 0.6) is 0 Å². The Morgan fingerprint density at radius 3 is 3.00 bits per heavy atom. The first-order chi connectivity index (χ1) is 11.2. The van der Waals surface area contributed by atoms with Gasteiger partial charge < -0.3 is 10.6 Å². The highest BCUT2D eigenvalue weighted by atomic mass is 79.9. The van der Waals surface area contributed by atoms with Crippen molar-refractivity contribution in [1.29, 1.82) is 0 Å². The molecule has 0 spiro atoms. The second-order valence-electron chi connectivity index (χ2n) is 5.90. The number of nitrogens with one attached hydrogen (secondary N) is 2. The summed E-state index contributed by atoms with van der Waals surface area (Å²) < 4.78 is 1.12. The number of aromatic nitrogens is 1. The smallest absolute Gasteiger partial charge is 0.0423 e. The quantitative estimate of drug-likeness (QED) is 0.841. The fourth-order valence-electron chi connectivity index (χ4n) is 2.91. The Morgan fingerprint density at radius 2 is 2.17 bits per heavy atom. The zero-order valence-electron chi connectivity index (χ0n) is 13.4. The van der Waals surface area contributed by atoms with Crippen LogP contribution in [0.2, 0.25) is 0 Å². The molecule has 23 heavy (non-hydrogen) atoms. The van der Waals surface area contributed by atoms with Gasteiger partial charge in [0.25, 0.3) is 0 Å². The lowest BCUT2D eigenvalue weighted by Gasteiger charge is -2.23. The van der Waals surface area contributed by atoms with Crippen LogP contribution in [0.3, 0.4) is 0 Å². The zero-order chi connectivity index (χ0) is 16.1. The summed E-state index contributed by atoms with van der Waals surface area (Å²) in [4.78, 5) is 4.44. The predicted molar refractivity (Wildman–Crippen MR) is 99.2 cm³/mol. The van der Waals surface area contributed by atoms with E-state index in [9.17, 15) is 0 Å². The Labute approximate surface area is 146 Å². The maximum atomic E-state index is 4.44. The first kappa shape index (κ1) is 16.2. The molecule has 4 heteroatoms. The lowest BCUT2D eigenvalue weighted by atomic mass is 9.99. The third kappa shape index (κ3) is 4.43. The number of pyridine rings is 1. The Balaban J connectivity index is 1.70. The van der Waals surface area contributed by atoms with Crippen molar-refractivity contribution in [3.63, 3.8) is 0 Å². The minimum atomic E-state index is 0.918. The molecular weight excluding hydrogens is 350 g/mol. The number of hydrogen-bond donors (Lipinski definition) is 2. The van der Waals surface area contributed by atoms with Gasteiger partial charge in [-0.05, 0) is 54.3 Å². The molecule has 3 rings (SSSR count). The summed E-state index contributed by atoms with van der Waals surface area (Å²) in [6.45, 7) is 4.98. The van der Waals surface area contributed by atoms with Crippen LogP contribution >= 0.6 is 15.9 Å². The maximum absolute atomic E-state index is 4.44. The number of aryl methyl sites for hydroxylation is 1. The lowest BCUT2D eigenvalue weighted by Crippen LogP contribution is -2.30. The molecule has 0 aliphatic carbocycles. The van der Waals surface area contributed by atoms with Gasteiger partial charge >= 0.3 is 0 Å². The van der Waals surface area contributed by atoms with Crippen LogP contribution in [0.15, 0.2) is 52.8 Å². The molecule has 0 bridgehead atoms. The molecule has 0 amide bonds. The highest BCUT2D eigenvalue weighted by Gasteiger charge is 2.14. The highest BCUT2D eigenvalue weighted by Crippen LogP contribution is 2.24. The van der Waals surface area contributed by atoms with E-state index in [1.165, 1.54) is 22.4 Å². The van der Waals surface area contributed by atoms with Gasteiger partial charge in [-0.15, -0.1) is 0 Å². The summed E-state index contributed by atoms with van der Waals surface area (Å²) in [5.41, 5.74) is 6.42. The maximum Gasteiger partial charge on any atom is 0.0423 e. The van der Waals surface area contributed by atoms with E-state index in [1.54, 1.807) is 0 Å². The molecule has 3 nitrogen and oxygen atoms in total. The predicted octanol–water partition coefficient (Wildman–Crippen LogP) is 3.69. The van der Waals surface area contributed by atoms with Crippen molar-refractivity contribution in [1.82, 2.24) is 15.6 Å². The third-order valence-corrected chi connectivity index (χ3v) is 4.58. The topological polar surface area (TPSA) is 37.0 Å². The number of hydrogen-bond acceptors (Lipinski definition) is 3. The summed E-state index contributed by atoms with van der Waals surface area (Å²) in [5, 5.41) is 7.11. The van der Waals surface area contributed by atoms with E-state index in [2.05, 4.69) is 68.8 Å². The van der Waals surface area contributed by atoms with E-state index in [-0.39, 0.29) is 0 Å². The average Bonchev–Trinajstić information content (AvgIpc) is 2.55. The lowest BCUT2D eigenvalue weighted by molar-refractivity contribution is 0.652. The molecule has 0 radical (unpaired) electrons. The van der Waals surface area contributed by atoms with Crippen molar-refractivity contribution in [2.24, 2.45) is 0 Å². The summed E-state index contributed by atoms with van der Waals surface area (Å²) in [6, 6.07) is 12.7. The van der Waals surface area contributed by atoms with Crippen molar-refractivity contribution in [3.05, 3.63) is 69.6 Å². The number of benzene rings is 1. The van der Waals surface area contributed by atoms with Crippen molar-refractivity contribution < 1.29 is 0 Å². The Morgan fingerprint density at radius 1 is 1.26 bits per heavy atom. The van der Waals surface area contributed by atoms with E-state index >= 15 is 0 Å². The SMILES string of the molecule is Cc1ccnc(CCNC2=C(c3cccc(Br)c3)CNCC2)c1. The van der Waals surface area contributed by atoms with Gasteiger partial charge in [0.2, 0.25) is 0 Å². The number of halogens is 1. The average molecular weight is 372 g/mol. The minimum Gasteiger partial charge on any atom is -0.388 e. The third-order valence-electron chi connectivity index (χ3n) is 4.08. The summed E-state index contributed by atoms with van der Waals surface area (Å²) in [5.74, 6) is 0. The molecule has 1 aliphatic rings. The monoisotopic (exact) mass is 371 g/mol. The molecular formula is C19H22BrN3. The van der Waals surface area contributed by atoms with Gasteiger partial charge in [0.1, 0.15) is 0 Å². The van der Waals surface area contributed by atoms with Crippen LogP contribution in [-0.2, 0) is 6.42 Å². The van der Waals surface area contributed by atoms with E-state index in [4.69, 9.17) is 0 Å². The van der Waals surface area contributed by atoms with Crippen LogP contribution in [-0.4, -0.2) is 24.6 Å². The van der Waals surface area contributed by atoms with Crippen LogP contribution in [0.1, 0.15) is 23.2 Å². The first-order valence-corrected chi connectivity index (χ1v) is 8.86. The van der Waals surface area contributed by atoms with Crippen LogP contribution in [0.25, 0.3) is 5.57 Å². The van der Waals surface area contributed by atoms with Crippen molar-refractivity contribution >= 4 is 21.5 Å². The number of nitrogens with zero attached hydrogens (tertiary/aromatic N) is 1. The normalized spacial score (nSPS) is 14.9. The molecule has 2 N–H and O–H groups in total. The Bertz CT molecular complexity index is 709. The van der Waals surface area contributed by atoms with E-state index in [0.29, 0.717) is 0 Å². The molecule has 2 aromatic rings. The molecule has 2 heterocycles. The largest absolute Gasteiger partial charge is 0.388 e. The van der Waals surface area contributed by atoms with Crippen LogP contribution in [0, 0.1) is 6.92 Å². The van der Waals surface area contributed by atoms with Gasteiger partial charge in [-0.3, -0.25) is 4.98 Å². The number of rotatable bonds is 5. The molecule has 0 saturated heterocycles. The molecule has 0 saturated carbocycles. The van der Waals surface area contributed by atoms with Crippen molar-refractivity contribution in [2.45, 2.75) is 19.8 Å². The highest BCUT2D eigenvalue weighted by molar-refractivity contribution is 9.10. The van der Waals surface area contributed by atoms with Gasteiger partial charge in [-0.2, -0.15) is 0 Å². The van der Waals surface area contributed by atoms with E-state index < -0.39 is 0 Å². The fraction of sp³-hybridized carbons (Fsp3) is 0.316. The first-order valence-electron chi connectivity index (χ1n) is 8.06. The molecule has 0 atom stereocenters. The standard InChI is InChI=1S/C19H22BrN3/c1-14-5-9-22-17(11-14)6-10-23-19-7-8-21-13-18(19)15-3-2-4-16(20)12-15/h2-5,9,11-12,21,23H,6-8,10,13H2,1H3. The van der Waals surface area contributed by atoms with Gasteiger partial charge in [-0.1, -0.05) is 28.1 Å². The van der Waals surface area contributed by atoms with E-state index in [0.717, 1.165) is 42.6 Å². The Hall–Kier alpha value is -1.65. The van der Waals surface area contributed by atoms with Crippen molar-refractivity contribution in [3.8, 4) is 0 Å². The molecule has 0 unspecified atom stereocenters. The van der Waals surface area contributed by atoms with Crippen LogP contribution in [0.4, 0.5) is 0 Å². The molecule has 120 valence electrons. The molecule has 1 aromatic carbocycles. The van der Waals surface area contributed by atoms with Crippen molar-refractivity contribution in [2.75, 3.05) is 19.6 Å². The fourth-order valence-corrected chi connectivity index (χ4v) is 3.31. The second kappa shape index (κ2) is 7.75. The second-order valence-corrected chi connectivity index (χ2v) is 6.81. The van der Waals surface area contributed by atoms with Gasteiger partial charge in [0.15, 0.2) is 0 Å². The van der Waals surface area contributed by atoms with Crippen LogP contribution < -0.4 is 10.6 Å². The summed E-state index contributed by atoms with van der Waals surface area (Å²) >= 11 is 3.57. The molecule has 0 fully saturated rings. The Kier molecular flexibility index (Phi) is 5.47. The molecule has 1 aliphatic heterocycles. The van der Waals surface area contributed by atoms with Gasteiger partial charge in [0.05, 0.1) is 0 Å². The van der Waals surface area contributed by atoms with Gasteiger partial charge in [0, 0.05) is 48.1 Å². The summed E-state index contributed by atoms with van der Waals surface area (Å²) in [7, 11) is 0. The summed E-state index contributed by atoms with van der Waals surface area (Å²) in [6.07, 6.45) is 3.88. The molecule has 1 aromatic heterocycles. The zero-order valence-corrected chi connectivity index (χ0v) is 15.0. The minimum absolute atomic E-state index is 0.918. The van der Waals surface area contributed by atoms with E-state index in [1.807, 2.05) is 12.3 Å².